The molecule has 0 saturated heterocycles. The Morgan fingerprint density at radius 2 is 1.86 bits per heavy atom. The summed E-state index contributed by atoms with van der Waals surface area (Å²) in [5.74, 6) is 0. The normalized spacial score (nSPS) is 13.0. The molecule has 0 radical (unpaired) electrons. The summed E-state index contributed by atoms with van der Waals surface area (Å²) in [4.78, 5) is 0.0888. The van der Waals surface area contributed by atoms with Crippen LogP contribution in [0.15, 0.2) is 53.4 Å². The average Bonchev–Trinajstić information content (AvgIpc) is 2.48. The molecule has 2 aromatic carbocycles. The van der Waals surface area contributed by atoms with Gasteiger partial charge in [0.15, 0.2) is 0 Å². The van der Waals surface area contributed by atoms with Crippen molar-refractivity contribution in [1.82, 2.24) is 4.72 Å². The Hall–Kier alpha value is -1.89. The third kappa shape index (κ3) is 3.81. The van der Waals surface area contributed by atoms with E-state index in [-0.39, 0.29) is 11.4 Å². The van der Waals surface area contributed by atoms with Crippen molar-refractivity contribution in [1.29, 1.82) is 0 Å². The molecule has 2 aromatic rings. The summed E-state index contributed by atoms with van der Waals surface area (Å²) < 4.78 is 26.7. The Morgan fingerprint density at radius 1 is 1.19 bits per heavy atom. The summed E-state index contributed by atoms with van der Waals surface area (Å²) >= 11 is 0. The highest BCUT2D eigenvalue weighted by molar-refractivity contribution is 7.89. The number of hydrogen-bond acceptors (Lipinski definition) is 4. The molecule has 0 saturated carbocycles. The Bertz CT molecular complexity index is 715. The molecule has 0 heterocycles. The second kappa shape index (κ2) is 6.26. The van der Waals surface area contributed by atoms with E-state index in [1.165, 1.54) is 12.1 Å². The zero-order valence-electron chi connectivity index (χ0n) is 11.7. The van der Waals surface area contributed by atoms with Crippen LogP contribution in [0.5, 0.6) is 0 Å². The molecule has 0 aliphatic carbocycles. The van der Waals surface area contributed by atoms with Gasteiger partial charge in [0.25, 0.3) is 0 Å². The van der Waals surface area contributed by atoms with Crippen molar-refractivity contribution in [3.8, 4) is 0 Å². The van der Waals surface area contributed by atoms with Gasteiger partial charge in [0, 0.05) is 12.2 Å². The van der Waals surface area contributed by atoms with Gasteiger partial charge in [-0.2, -0.15) is 0 Å². The molecule has 0 aromatic heterocycles. The lowest BCUT2D eigenvalue weighted by Crippen LogP contribution is -2.28. The van der Waals surface area contributed by atoms with Crippen LogP contribution in [0.25, 0.3) is 0 Å². The lowest BCUT2D eigenvalue weighted by Gasteiger charge is -2.13. The van der Waals surface area contributed by atoms with Gasteiger partial charge in [0.1, 0.15) is 0 Å². The van der Waals surface area contributed by atoms with E-state index in [0.717, 1.165) is 5.56 Å². The largest absolute Gasteiger partial charge is 0.398 e. The van der Waals surface area contributed by atoms with E-state index in [0.29, 0.717) is 11.3 Å². The first-order chi connectivity index (χ1) is 9.90. The number of hydrogen-bond donors (Lipinski definition) is 3. The first kappa shape index (κ1) is 15.5. The van der Waals surface area contributed by atoms with Gasteiger partial charge in [-0.1, -0.05) is 36.4 Å². The Balaban J connectivity index is 2.09. The van der Waals surface area contributed by atoms with E-state index < -0.39 is 16.1 Å². The van der Waals surface area contributed by atoms with Gasteiger partial charge in [0.05, 0.1) is 11.0 Å². The Morgan fingerprint density at radius 3 is 2.48 bits per heavy atom. The van der Waals surface area contributed by atoms with Crippen molar-refractivity contribution >= 4 is 15.7 Å². The molecule has 1 atom stereocenters. The minimum absolute atomic E-state index is 0.0888. The van der Waals surface area contributed by atoms with Gasteiger partial charge in [-0.25, -0.2) is 13.1 Å². The summed E-state index contributed by atoms with van der Waals surface area (Å²) in [6, 6.07) is 13.4. The third-order valence-electron chi connectivity index (χ3n) is 3.21. The quantitative estimate of drug-likeness (QED) is 0.731. The average molecular weight is 306 g/mol. The predicted molar refractivity (Wildman–Crippen MR) is 82.2 cm³/mol. The number of aliphatic hydroxyl groups is 1. The molecule has 4 N–H and O–H groups in total. The fraction of sp³-hybridized carbons (Fsp3) is 0.200. The number of sulfonamides is 1. The molecule has 0 bridgehead atoms. The highest BCUT2D eigenvalue weighted by Crippen LogP contribution is 2.18. The standard InChI is InChI=1S/C15H18N2O3S/c1-11-7-8-13(9-14(11)16)21(19,20)17-10-15(18)12-5-3-2-4-6-12/h2-9,15,17-18H,10,16H2,1H3. The second-order valence-electron chi connectivity index (χ2n) is 4.80. The SMILES string of the molecule is Cc1ccc(S(=O)(=O)NCC(O)c2ccccc2)cc1N. The second-order valence-corrected chi connectivity index (χ2v) is 6.56. The monoisotopic (exact) mass is 306 g/mol. The molecule has 0 aliphatic heterocycles. The highest BCUT2D eigenvalue weighted by atomic mass is 32.2. The van der Waals surface area contributed by atoms with Crippen molar-refractivity contribution in [3.63, 3.8) is 0 Å². The summed E-state index contributed by atoms with van der Waals surface area (Å²) in [7, 11) is -3.69. The van der Waals surface area contributed by atoms with Crippen LogP contribution in [0.1, 0.15) is 17.2 Å². The molecule has 112 valence electrons. The van der Waals surface area contributed by atoms with E-state index in [9.17, 15) is 13.5 Å². The zero-order valence-corrected chi connectivity index (χ0v) is 12.5. The molecule has 0 spiro atoms. The van der Waals surface area contributed by atoms with Crippen molar-refractivity contribution in [2.75, 3.05) is 12.3 Å². The molecule has 0 aliphatic rings. The molecule has 0 amide bonds. The van der Waals surface area contributed by atoms with E-state index >= 15 is 0 Å². The van der Waals surface area contributed by atoms with Gasteiger partial charge in [0.2, 0.25) is 10.0 Å². The maximum Gasteiger partial charge on any atom is 0.240 e. The van der Waals surface area contributed by atoms with Crippen molar-refractivity contribution < 1.29 is 13.5 Å². The van der Waals surface area contributed by atoms with Crippen molar-refractivity contribution in [3.05, 3.63) is 59.7 Å². The number of nitrogens with two attached hydrogens (primary N) is 1. The van der Waals surface area contributed by atoms with Crippen LogP contribution in [-0.2, 0) is 10.0 Å². The van der Waals surface area contributed by atoms with E-state index in [1.54, 1.807) is 37.3 Å². The fourth-order valence-electron chi connectivity index (χ4n) is 1.85. The van der Waals surface area contributed by atoms with E-state index in [2.05, 4.69) is 4.72 Å². The predicted octanol–water partition coefficient (Wildman–Crippen LogP) is 1.59. The minimum atomic E-state index is -3.69. The summed E-state index contributed by atoms with van der Waals surface area (Å²) in [5.41, 5.74) is 7.61. The molecular weight excluding hydrogens is 288 g/mol. The van der Waals surface area contributed by atoms with Crippen LogP contribution < -0.4 is 10.5 Å². The minimum Gasteiger partial charge on any atom is -0.398 e. The van der Waals surface area contributed by atoms with Crippen LogP contribution in [0.4, 0.5) is 5.69 Å². The molecule has 21 heavy (non-hydrogen) atoms. The lowest BCUT2D eigenvalue weighted by molar-refractivity contribution is 0.182. The molecule has 6 heteroatoms. The van der Waals surface area contributed by atoms with Crippen LogP contribution >= 0.6 is 0 Å². The van der Waals surface area contributed by atoms with Crippen LogP contribution in [0, 0.1) is 6.92 Å². The number of anilines is 1. The molecule has 1 unspecified atom stereocenters. The van der Waals surface area contributed by atoms with Gasteiger partial charge in [-0.15, -0.1) is 0 Å². The smallest absolute Gasteiger partial charge is 0.240 e. The highest BCUT2D eigenvalue weighted by Gasteiger charge is 2.17. The molecular formula is C15H18N2O3S. The Labute approximate surface area is 124 Å². The van der Waals surface area contributed by atoms with Crippen LogP contribution in [-0.4, -0.2) is 20.1 Å². The number of nitrogen functional groups attached to an aromatic ring is 1. The first-order valence-electron chi connectivity index (χ1n) is 6.49. The first-order valence-corrected chi connectivity index (χ1v) is 7.97. The van der Waals surface area contributed by atoms with Crippen LogP contribution in [0.3, 0.4) is 0 Å². The third-order valence-corrected chi connectivity index (χ3v) is 4.63. The van der Waals surface area contributed by atoms with Gasteiger partial charge in [-0.3, -0.25) is 0 Å². The maximum atomic E-state index is 12.2. The fourth-order valence-corrected chi connectivity index (χ4v) is 2.92. The summed E-state index contributed by atoms with van der Waals surface area (Å²) in [6.07, 6.45) is -0.899. The maximum absolute atomic E-state index is 12.2. The van der Waals surface area contributed by atoms with E-state index in [4.69, 9.17) is 5.73 Å². The van der Waals surface area contributed by atoms with Crippen molar-refractivity contribution in [2.45, 2.75) is 17.9 Å². The topological polar surface area (TPSA) is 92.4 Å². The number of nitrogens with one attached hydrogen (secondary N) is 1. The molecule has 0 fully saturated rings. The summed E-state index contributed by atoms with van der Waals surface area (Å²) in [5, 5.41) is 9.98. The molecule has 5 nitrogen and oxygen atoms in total. The van der Waals surface area contributed by atoms with Crippen LogP contribution in [0.2, 0.25) is 0 Å². The number of aliphatic hydroxyl groups excluding tert-OH is 1. The number of benzene rings is 2. The van der Waals surface area contributed by atoms with Crippen molar-refractivity contribution in [2.24, 2.45) is 0 Å². The van der Waals surface area contributed by atoms with Gasteiger partial charge >= 0.3 is 0 Å². The van der Waals surface area contributed by atoms with Gasteiger partial charge < -0.3 is 10.8 Å². The lowest BCUT2D eigenvalue weighted by atomic mass is 10.1. The summed E-state index contributed by atoms with van der Waals surface area (Å²) in [6.45, 7) is 1.71. The van der Waals surface area contributed by atoms with Gasteiger partial charge in [-0.05, 0) is 30.2 Å². The van der Waals surface area contributed by atoms with E-state index in [1.807, 2.05) is 6.07 Å². The number of rotatable bonds is 5. The molecule has 2 rings (SSSR count). The zero-order chi connectivity index (χ0) is 15.5. The Kier molecular flexibility index (Phi) is 4.62. The number of aryl methyl sites for hydroxylation is 1.